The van der Waals surface area contributed by atoms with Gasteiger partial charge in [0.05, 0.1) is 0 Å². The maximum Gasteiger partial charge on any atom is 0.00671 e. The fourth-order valence-corrected chi connectivity index (χ4v) is 4.44. The predicted octanol–water partition coefficient (Wildman–Crippen LogP) is 5.69. The third kappa shape index (κ3) is 5.93. The van der Waals surface area contributed by atoms with Gasteiger partial charge in [0.2, 0.25) is 0 Å². The van der Waals surface area contributed by atoms with Crippen molar-refractivity contribution in [3.63, 3.8) is 0 Å². The third-order valence-corrected chi connectivity index (χ3v) is 6.20. The van der Waals surface area contributed by atoms with Gasteiger partial charge in [0.25, 0.3) is 0 Å². The Hall–Kier alpha value is -0.0400. The molecule has 1 nitrogen and oxygen atoms in total. The lowest BCUT2D eigenvalue weighted by Crippen LogP contribution is -2.35. The molecule has 0 aromatic carbocycles. The number of rotatable bonds is 5. The number of hydrogen-bond acceptors (Lipinski definition) is 1. The van der Waals surface area contributed by atoms with Crippen molar-refractivity contribution in [2.24, 2.45) is 17.8 Å². The van der Waals surface area contributed by atoms with E-state index in [1.165, 1.54) is 103 Å². The molecule has 0 saturated heterocycles. The summed E-state index contributed by atoms with van der Waals surface area (Å²) in [4.78, 5) is 0. The molecule has 0 atom stereocenters. The normalized spacial score (nSPS) is 27.3. The average molecular weight is 292 g/mol. The zero-order valence-corrected chi connectivity index (χ0v) is 14.1. The minimum Gasteiger partial charge on any atom is -0.314 e. The first-order chi connectivity index (χ1) is 10.4. The van der Waals surface area contributed by atoms with E-state index < -0.39 is 0 Å². The molecule has 3 rings (SSSR count). The summed E-state index contributed by atoms with van der Waals surface area (Å²) in [5, 5.41) is 4.02. The zero-order valence-electron chi connectivity index (χ0n) is 14.1. The van der Waals surface area contributed by atoms with E-state index >= 15 is 0 Å². The Kier molecular flexibility index (Phi) is 6.45. The third-order valence-electron chi connectivity index (χ3n) is 6.20. The van der Waals surface area contributed by atoms with Gasteiger partial charge in [-0.05, 0) is 62.8 Å². The van der Waals surface area contributed by atoms with Crippen LogP contribution in [0.4, 0.5) is 0 Å². The van der Waals surface area contributed by atoms with E-state index in [9.17, 15) is 0 Å². The SMILES string of the molecule is C1CCCCCC(NCC(C2CC2)C2CC2)CCCCC1. The van der Waals surface area contributed by atoms with E-state index in [4.69, 9.17) is 0 Å². The first kappa shape index (κ1) is 15.8. The van der Waals surface area contributed by atoms with Gasteiger partial charge in [0.1, 0.15) is 0 Å². The topological polar surface area (TPSA) is 12.0 Å². The lowest BCUT2D eigenvalue weighted by Gasteiger charge is -2.23. The van der Waals surface area contributed by atoms with Crippen LogP contribution in [0, 0.1) is 17.8 Å². The second-order valence-corrected chi connectivity index (χ2v) is 8.20. The van der Waals surface area contributed by atoms with Crippen LogP contribution >= 0.6 is 0 Å². The van der Waals surface area contributed by atoms with E-state index in [1.54, 1.807) is 0 Å². The van der Waals surface area contributed by atoms with Gasteiger partial charge in [-0.25, -0.2) is 0 Å². The van der Waals surface area contributed by atoms with Crippen molar-refractivity contribution in [1.29, 1.82) is 0 Å². The van der Waals surface area contributed by atoms with Gasteiger partial charge in [0, 0.05) is 6.04 Å². The van der Waals surface area contributed by atoms with Crippen LogP contribution in [-0.4, -0.2) is 12.6 Å². The summed E-state index contributed by atoms with van der Waals surface area (Å²) >= 11 is 0. The Morgan fingerprint density at radius 3 is 1.43 bits per heavy atom. The molecule has 0 bridgehead atoms. The van der Waals surface area contributed by atoms with Crippen molar-refractivity contribution in [1.82, 2.24) is 5.32 Å². The van der Waals surface area contributed by atoms with E-state index in [0.717, 1.165) is 23.8 Å². The molecule has 0 amide bonds. The number of nitrogens with one attached hydrogen (secondary N) is 1. The molecule has 3 aliphatic rings. The minimum atomic E-state index is 0.837. The van der Waals surface area contributed by atoms with Gasteiger partial charge >= 0.3 is 0 Å². The largest absolute Gasteiger partial charge is 0.314 e. The molecule has 0 aliphatic heterocycles. The van der Waals surface area contributed by atoms with Crippen LogP contribution in [0.3, 0.4) is 0 Å². The minimum absolute atomic E-state index is 0.837. The van der Waals surface area contributed by atoms with Crippen molar-refractivity contribution < 1.29 is 0 Å². The molecular weight excluding hydrogens is 254 g/mol. The fourth-order valence-electron chi connectivity index (χ4n) is 4.44. The van der Waals surface area contributed by atoms with E-state index in [1.807, 2.05) is 0 Å². The van der Waals surface area contributed by atoms with Gasteiger partial charge < -0.3 is 5.32 Å². The standard InChI is InChI=1S/C20H37N/c1-2-4-6-8-10-19(11-9-7-5-3-1)21-16-20(17-12-13-17)18-14-15-18/h17-21H,1-16H2. The van der Waals surface area contributed by atoms with Crippen LogP contribution in [-0.2, 0) is 0 Å². The van der Waals surface area contributed by atoms with Crippen molar-refractivity contribution in [3.8, 4) is 0 Å². The molecule has 3 fully saturated rings. The Morgan fingerprint density at radius 2 is 1.00 bits per heavy atom. The van der Waals surface area contributed by atoms with Gasteiger partial charge in [-0.3, -0.25) is 0 Å². The molecule has 21 heavy (non-hydrogen) atoms. The summed E-state index contributed by atoms with van der Waals surface area (Å²) < 4.78 is 0. The van der Waals surface area contributed by atoms with Crippen LogP contribution in [0.25, 0.3) is 0 Å². The summed E-state index contributed by atoms with van der Waals surface area (Å²) in [7, 11) is 0. The monoisotopic (exact) mass is 291 g/mol. The molecular formula is C20H37N. The van der Waals surface area contributed by atoms with Crippen molar-refractivity contribution >= 4 is 0 Å². The maximum absolute atomic E-state index is 4.02. The van der Waals surface area contributed by atoms with Crippen LogP contribution in [0.15, 0.2) is 0 Å². The Bertz CT molecular complexity index is 256. The fraction of sp³-hybridized carbons (Fsp3) is 1.00. The van der Waals surface area contributed by atoms with Crippen LogP contribution < -0.4 is 5.32 Å². The highest BCUT2D eigenvalue weighted by atomic mass is 14.9. The molecule has 1 heteroatoms. The first-order valence-electron chi connectivity index (χ1n) is 10.2. The Balaban J connectivity index is 1.39. The molecule has 122 valence electrons. The van der Waals surface area contributed by atoms with E-state index in [2.05, 4.69) is 5.32 Å². The summed E-state index contributed by atoms with van der Waals surface area (Å²) in [6, 6.07) is 0.837. The Labute approximate surface area is 132 Å². The zero-order chi connectivity index (χ0) is 14.3. The quantitative estimate of drug-likeness (QED) is 0.686. The summed E-state index contributed by atoms with van der Waals surface area (Å²) in [5.74, 6) is 3.26. The van der Waals surface area contributed by atoms with Crippen molar-refractivity contribution in [3.05, 3.63) is 0 Å². The lowest BCUT2D eigenvalue weighted by molar-refractivity contribution is 0.328. The second kappa shape index (κ2) is 8.56. The highest BCUT2D eigenvalue weighted by Crippen LogP contribution is 2.48. The first-order valence-corrected chi connectivity index (χ1v) is 10.2. The summed E-state index contributed by atoms with van der Waals surface area (Å²) in [5.41, 5.74) is 0. The highest BCUT2D eigenvalue weighted by molar-refractivity contribution is 4.92. The molecule has 3 aliphatic carbocycles. The summed E-state index contributed by atoms with van der Waals surface area (Å²) in [6.07, 6.45) is 22.4. The van der Waals surface area contributed by atoms with E-state index in [-0.39, 0.29) is 0 Å². The molecule has 0 spiro atoms. The number of hydrogen-bond donors (Lipinski definition) is 1. The van der Waals surface area contributed by atoms with E-state index in [0.29, 0.717) is 0 Å². The summed E-state index contributed by atoms with van der Waals surface area (Å²) in [6.45, 7) is 1.35. The second-order valence-electron chi connectivity index (χ2n) is 8.20. The van der Waals surface area contributed by atoms with Crippen molar-refractivity contribution in [2.45, 2.75) is 102 Å². The lowest BCUT2D eigenvalue weighted by atomic mass is 9.95. The predicted molar refractivity (Wildman–Crippen MR) is 91.5 cm³/mol. The molecule has 1 N–H and O–H groups in total. The van der Waals surface area contributed by atoms with Gasteiger partial charge in [-0.15, -0.1) is 0 Å². The van der Waals surface area contributed by atoms with Crippen molar-refractivity contribution in [2.75, 3.05) is 6.54 Å². The van der Waals surface area contributed by atoms with Gasteiger partial charge in [-0.1, -0.05) is 57.8 Å². The molecule has 0 heterocycles. The molecule has 0 radical (unpaired) electrons. The maximum atomic E-state index is 4.02. The molecule has 0 unspecified atom stereocenters. The molecule has 3 saturated carbocycles. The van der Waals surface area contributed by atoms with Crippen LogP contribution in [0.2, 0.25) is 0 Å². The van der Waals surface area contributed by atoms with Gasteiger partial charge in [0.15, 0.2) is 0 Å². The average Bonchev–Trinajstić information content (AvgIpc) is 3.36. The highest BCUT2D eigenvalue weighted by Gasteiger charge is 2.41. The Morgan fingerprint density at radius 1 is 0.571 bits per heavy atom. The van der Waals surface area contributed by atoms with Crippen LogP contribution in [0.5, 0.6) is 0 Å². The molecule has 0 aromatic rings. The molecule has 0 aromatic heterocycles. The smallest absolute Gasteiger partial charge is 0.00671 e. The van der Waals surface area contributed by atoms with Crippen LogP contribution in [0.1, 0.15) is 96.3 Å². The van der Waals surface area contributed by atoms with Gasteiger partial charge in [-0.2, -0.15) is 0 Å².